The molecular weight excluding hydrogens is 406 g/mol. The van der Waals surface area contributed by atoms with E-state index in [0.717, 1.165) is 12.1 Å². The number of aryl methyl sites for hydroxylation is 1. The van der Waals surface area contributed by atoms with Crippen molar-refractivity contribution in [3.63, 3.8) is 0 Å². The highest BCUT2D eigenvalue weighted by atomic mass is 32.2. The molecule has 2 aromatic rings. The van der Waals surface area contributed by atoms with Crippen LogP contribution in [0, 0.1) is 18.6 Å². The van der Waals surface area contributed by atoms with E-state index in [1.54, 1.807) is 13.0 Å². The molecule has 1 aromatic carbocycles. The smallest absolute Gasteiger partial charge is 0.254 e. The van der Waals surface area contributed by atoms with Gasteiger partial charge in [0.2, 0.25) is 5.91 Å². The van der Waals surface area contributed by atoms with E-state index < -0.39 is 33.3 Å². The van der Waals surface area contributed by atoms with Crippen molar-refractivity contribution in [2.75, 3.05) is 23.4 Å². The van der Waals surface area contributed by atoms with Gasteiger partial charge in [-0.2, -0.15) is 5.10 Å². The highest BCUT2D eigenvalue weighted by Crippen LogP contribution is 2.27. The Labute approximate surface area is 166 Å². The molecule has 29 heavy (non-hydrogen) atoms. The van der Waals surface area contributed by atoms with Crippen LogP contribution in [-0.4, -0.2) is 48.1 Å². The number of hydrogen-bond acceptors (Lipinski definition) is 5. The van der Waals surface area contributed by atoms with E-state index in [-0.39, 0.29) is 36.1 Å². The molecule has 0 saturated carbocycles. The van der Waals surface area contributed by atoms with Gasteiger partial charge in [0.15, 0.2) is 9.84 Å². The summed E-state index contributed by atoms with van der Waals surface area (Å²) in [5, 5.41) is 9.33. The summed E-state index contributed by atoms with van der Waals surface area (Å²) < 4.78 is 51.4. The summed E-state index contributed by atoms with van der Waals surface area (Å²) in [5.41, 5.74) is 0.313. The van der Waals surface area contributed by atoms with E-state index in [1.807, 2.05) is 0 Å². The Bertz CT molecular complexity index is 1050. The van der Waals surface area contributed by atoms with Gasteiger partial charge < -0.3 is 10.6 Å². The van der Waals surface area contributed by atoms with Crippen LogP contribution in [0.1, 0.15) is 34.9 Å². The average molecular weight is 426 g/mol. The minimum Gasteiger partial charge on any atom is -0.351 e. The van der Waals surface area contributed by atoms with Crippen LogP contribution < -0.4 is 10.6 Å². The molecule has 0 radical (unpaired) electrons. The first-order valence-corrected chi connectivity index (χ1v) is 10.8. The number of benzene rings is 1. The number of anilines is 1. The van der Waals surface area contributed by atoms with Crippen LogP contribution in [-0.2, 0) is 14.6 Å². The average Bonchev–Trinajstić information content (AvgIpc) is 3.16. The Morgan fingerprint density at radius 1 is 1.28 bits per heavy atom. The number of amides is 2. The lowest BCUT2D eigenvalue weighted by molar-refractivity contribution is -0.116. The standard InChI is InChI=1S/C18H20F2N4O4S/c1-11-8-16(24(23-11)13-5-7-29(27,28)10-13)22-17(25)4-6-21-18(26)14-3-2-12(19)9-15(14)20/h2-3,8-9,13H,4-7,10H2,1H3,(H,21,26)(H,22,25). The van der Waals surface area contributed by atoms with Gasteiger partial charge in [0, 0.05) is 25.1 Å². The zero-order valence-corrected chi connectivity index (χ0v) is 16.4. The molecule has 1 aliphatic heterocycles. The van der Waals surface area contributed by atoms with Gasteiger partial charge in [-0.25, -0.2) is 21.9 Å². The van der Waals surface area contributed by atoms with E-state index >= 15 is 0 Å². The summed E-state index contributed by atoms with van der Waals surface area (Å²) in [6.07, 6.45) is 0.327. The summed E-state index contributed by atoms with van der Waals surface area (Å²) in [6, 6.07) is 3.89. The van der Waals surface area contributed by atoms with Crippen LogP contribution >= 0.6 is 0 Å². The zero-order chi connectivity index (χ0) is 21.2. The lowest BCUT2D eigenvalue weighted by Crippen LogP contribution is -2.29. The SMILES string of the molecule is Cc1cc(NC(=O)CCNC(=O)c2ccc(F)cc2F)n(C2CCS(=O)(=O)C2)n1. The molecule has 8 nitrogen and oxygen atoms in total. The third-order valence-electron chi connectivity index (χ3n) is 4.49. The Hall–Kier alpha value is -2.82. The van der Waals surface area contributed by atoms with Crippen LogP contribution in [0.15, 0.2) is 24.3 Å². The Balaban J connectivity index is 1.56. The largest absolute Gasteiger partial charge is 0.351 e. The van der Waals surface area contributed by atoms with Crippen LogP contribution in [0.25, 0.3) is 0 Å². The Morgan fingerprint density at radius 3 is 2.69 bits per heavy atom. The molecule has 2 heterocycles. The van der Waals surface area contributed by atoms with Crippen molar-refractivity contribution in [1.29, 1.82) is 0 Å². The van der Waals surface area contributed by atoms with Gasteiger partial charge in [-0.3, -0.25) is 9.59 Å². The summed E-state index contributed by atoms with van der Waals surface area (Å²) >= 11 is 0. The van der Waals surface area contributed by atoms with Gasteiger partial charge in [-0.15, -0.1) is 0 Å². The van der Waals surface area contributed by atoms with Crippen molar-refractivity contribution in [2.45, 2.75) is 25.8 Å². The molecule has 1 unspecified atom stereocenters. The van der Waals surface area contributed by atoms with Gasteiger partial charge in [-0.05, 0) is 25.5 Å². The minimum atomic E-state index is -3.11. The van der Waals surface area contributed by atoms with Crippen molar-refractivity contribution in [3.8, 4) is 0 Å². The Kier molecular flexibility index (Phi) is 5.96. The van der Waals surface area contributed by atoms with Gasteiger partial charge in [0.1, 0.15) is 17.5 Å². The molecule has 156 valence electrons. The number of carbonyl (C=O) groups is 2. The molecule has 1 fully saturated rings. The number of nitrogens with one attached hydrogen (secondary N) is 2. The van der Waals surface area contributed by atoms with Gasteiger partial charge in [0.25, 0.3) is 5.91 Å². The summed E-state index contributed by atoms with van der Waals surface area (Å²) in [4.78, 5) is 24.1. The second-order valence-corrected chi connectivity index (χ2v) is 9.08. The van der Waals surface area contributed by atoms with Gasteiger partial charge >= 0.3 is 0 Å². The first kappa shape index (κ1) is 20.9. The van der Waals surface area contributed by atoms with Crippen LogP contribution in [0.2, 0.25) is 0 Å². The summed E-state index contributed by atoms with van der Waals surface area (Å²) in [5.74, 6) is -2.53. The maximum atomic E-state index is 13.6. The molecule has 1 atom stereocenters. The van der Waals surface area contributed by atoms with Crippen LogP contribution in [0.3, 0.4) is 0 Å². The second-order valence-electron chi connectivity index (χ2n) is 6.85. The van der Waals surface area contributed by atoms with Gasteiger partial charge in [0.05, 0.1) is 28.8 Å². The fourth-order valence-electron chi connectivity index (χ4n) is 3.12. The maximum Gasteiger partial charge on any atom is 0.254 e. The molecule has 1 aliphatic rings. The number of hydrogen-bond donors (Lipinski definition) is 2. The number of carbonyl (C=O) groups excluding carboxylic acids is 2. The van der Waals surface area contributed by atoms with Crippen molar-refractivity contribution in [3.05, 3.63) is 47.2 Å². The predicted octanol–water partition coefficient (Wildman–Crippen LogP) is 1.59. The lowest BCUT2D eigenvalue weighted by atomic mass is 10.2. The summed E-state index contributed by atoms with van der Waals surface area (Å²) in [7, 11) is -3.11. The van der Waals surface area contributed by atoms with E-state index in [1.165, 1.54) is 4.68 Å². The molecule has 1 aromatic heterocycles. The molecule has 1 saturated heterocycles. The van der Waals surface area contributed by atoms with E-state index in [9.17, 15) is 26.8 Å². The molecule has 11 heteroatoms. The van der Waals surface area contributed by atoms with Gasteiger partial charge in [-0.1, -0.05) is 0 Å². The number of aromatic nitrogens is 2. The molecular formula is C18H20F2N4O4S. The first-order valence-electron chi connectivity index (χ1n) is 8.94. The topological polar surface area (TPSA) is 110 Å². The highest BCUT2D eigenvalue weighted by Gasteiger charge is 2.31. The number of rotatable bonds is 6. The van der Waals surface area contributed by atoms with E-state index in [4.69, 9.17) is 0 Å². The van der Waals surface area contributed by atoms with Crippen molar-refractivity contribution in [2.24, 2.45) is 0 Å². The normalized spacial score (nSPS) is 17.8. The molecule has 0 aliphatic carbocycles. The Morgan fingerprint density at radius 2 is 2.03 bits per heavy atom. The molecule has 2 N–H and O–H groups in total. The van der Waals surface area contributed by atoms with Crippen molar-refractivity contribution < 1.29 is 26.8 Å². The first-order chi connectivity index (χ1) is 13.6. The third-order valence-corrected chi connectivity index (χ3v) is 6.24. The zero-order valence-electron chi connectivity index (χ0n) is 15.6. The minimum absolute atomic E-state index is 0.0315. The molecule has 3 rings (SSSR count). The van der Waals surface area contributed by atoms with Crippen LogP contribution in [0.4, 0.5) is 14.6 Å². The second kappa shape index (κ2) is 8.27. The van der Waals surface area contributed by atoms with Crippen LogP contribution in [0.5, 0.6) is 0 Å². The molecule has 0 bridgehead atoms. The van der Waals surface area contributed by atoms with Crippen molar-refractivity contribution >= 4 is 27.5 Å². The predicted molar refractivity (Wildman–Crippen MR) is 101 cm³/mol. The molecule has 0 spiro atoms. The van der Waals surface area contributed by atoms with E-state index in [2.05, 4.69) is 15.7 Å². The number of halogens is 2. The van der Waals surface area contributed by atoms with E-state index in [0.29, 0.717) is 24.0 Å². The highest BCUT2D eigenvalue weighted by molar-refractivity contribution is 7.91. The quantitative estimate of drug-likeness (QED) is 0.729. The number of sulfone groups is 1. The fraction of sp³-hybridized carbons (Fsp3) is 0.389. The van der Waals surface area contributed by atoms with Crippen molar-refractivity contribution in [1.82, 2.24) is 15.1 Å². The molecule has 2 amide bonds. The summed E-state index contributed by atoms with van der Waals surface area (Å²) in [6.45, 7) is 1.67. The third kappa shape index (κ3) is 5.17. The fourth-order valence-corrected chi connectivity index (χ4v) is 4.81. The lowest BCUT2D eigenvalue weighted by Gasteiger charge is -2.14. The number of nitrogens with zero attached hydrogens (tertiary/aromatic N) is 2. The maximum absolute atomic E-state index is 13.6. The monoisotopic (exact) mass is 426 g/mol.